The average Bonchev–Trinajstić information content (AvgIpc) is 2.90. The van der Waals surface area contributed by atoms with E-state index in [0.717, 1.165) is 5.56 Å². The summed E-state index contributed by atoms with van der Waals surface area (Å²) in [6, 6.07) is 6.80. The Bertz CT molecular complexity index is 649. The van der Waals surface area contributed by atoms with Gasteiger partial charge in [0.25, 0.3) is 0 Å². The van der Waals surface area contributed by atoms with Crippen LogP contribution < -0.4 is 4.72 Å². The zero-order valence-electron chi connectivity index (χ0n) is 10.5. The first-order valence-corrected chi connectivity index (χ1v) is 8.16. The van der Waals surface area contributed by atoms with Gasteiger partial charge in [-0.25, -0.2) is 13.1 Å². The van der Waals surface area contributed by atoms with Crippen molar-refractivity contribution in [2.24, 2.45) is 0 Å². The number of aliphatic hydroxyl groups is 1. The van der Waals surface area contributed by atoms with E-state index in [9.17, 15) is 8.42 Å². The molecule has 0 fully saturated rings. The van der Waals surface area contributed by atoms with Crippen LogP contribution >= 0.6 is 11.3 Å². The Labute approximate surface area is 116 Å². The van der Waals surface area contributed by atoms with Crippen molar-refractivity contribution in [1.29, 1.82) is 0 Å². The van der Waals surface area contributed by atoms with Crippen molar-refractivity contribution < 1.29 is 13.5 Å². The van der Waals surface area contributed by atoms with Gasteiger partial charge in [-0.15, -0.1) is 0 Å². The summed E-state index contributed by atoms with van der Waals surface area (Å²) in [5.74, 6) is 0. The summed E-state index contributed by atoms with van der Waals surface area (Å²) in [6.45, 7) is 1.84. The number of rotatable bonds is 5. The van der Waals surface area contributed by atoms with E-state index in [1.165, 1.54) is 17.4 Å². The second kappa shape index (κ2) is 5.83. The molecule has 2 aromatic rings. The van der Waals surface area contributed by atoms with Crippen LogP contribution in [0.4, 0.5) is 0 Å². The van der Waals surface area contributed by atoms with Crippen LogP contribution in [0.25, 0.3) is 0 Å². The summed E-state index contributed by atoms with van der Waals surface area (Å²) in [5.41, 5.74) is 2.18. The van der Waals surface area contributed by atoms with E-state index >= 15 is 0 Å². The third kappa shape index (κ3) is 3.42. The lowest BCUT2D eigenvalue weighted by Crippen LogP contribution is -2.24. The topological polar surface area (TPSA) is 66.4 Å². The lowest BCUT2D eigenvalue weighted by molar-refractivity contribution is 0.281. The molecule has 0 saturated carbocycles. The molecule has 1 aromatic heterocycles. The van der Waals surface area contributed by atoms with Gasteiger partial charge in [0.15, 0.2) is 0 Å². The molecule has 1 heterocycles. The van der Waals surface area contributed by atoms with E-state index in [2.05, 4.69) is 4.72 Å². The first-order chi connectivity index (χ1) is 9.03. The first kappa shape index (κ1) is 14.2. The maximum Gasteiger partial charge on any atom is 0.241 e. The summed E-state index contributed by atoms with van der Waals surface area (Å²) in [5, 5.41) is 12.9. The Morgan fingerprint density at radius 1 is 1.26 bits per heavy atom. The van der Waals surface area contributed by atoms with Gasteiger partial charge >= 0.3 is 0 Å². The van der Waals surface area contributed by atoms with Crippen LogP contribution in [0.2, 0.25) is 0 Å². The smallest absolute Gasteiger partial charge is 0.241 e. The number of thiophene rings is 1. The van der Waals surface area contributed by atoms with Crippen LogP contribution in [-0.2, 0) is 23.2 Å². The molecule has 0 amide bonds. The molecule has 102 valence electrons. The average molecular weight is 297 g/mol. The van der Waals surface area contributed by atoms with Crippen LogP contribution in [0.1, 0.15) is 16.7 Å². The van der Waals surface area contributed by atoms with Crippen LogP contribution in [0, 0.1) is 6.92 Å². The molecule has 0 radical (unpaired) electrons. The Morgan fingerprint density at radius 2 is 2.05 bits per heavy atom. The van der Waals surface area contributed by atoms with Crippen LogP contribution in [0.5, 0.6) is 0 Å². The fourth-order valence-corrected chi connectivity index (χ4v) is 3.66. The summed E-state index contributed by atoms with van der Waals surface area (Å²) in [6.07, 6.45) is 0. The molecular weight excluding hydrogens is 282 g/mol. The van der Waals surface area contributed by atoms with Crippen molar-refractivity contribution in [3.05, 3.63) is 51.7 Å². The molecule has 0 unspecified atom stereocenters. The van der Waals surface area contributed by atoms with Gasteiger partial charge in [-0.1, -0.05) is 12.1 Å². The van der Waals surface area contributed by atoms with Gasteiger partial charge in [-0.05, 0) is 46.5 Å². The number of hydrogen-bond acceptors (Lipinski definition) is 4. The second-order valence-corrected chi connectivity index (χ2v) is 6.73. The van der Waals surface area contributed by atoms with E-state index in [4.69, 9.17) is 5.11 Å². The second-order valence-electron chi connectivity index (χ2n) is 4.21. The molecular formula is C13H15NO3S2. The number of aryl methyl sites for hydroxylation is 1. The van der Waals surface area contributed by atoms with Crippen molar-refractivity contribution in [2.75, 3.05) is 0 Å². The predicted octanol–water partition coefficient (Wildman–Crippen LogP) is 2.03. The zero-order valence-corrected chi connectivity index (χ0v) is 12.1. The van der Waals surface area contributed by atoms with E-state index in [0.29, 0.717) is 11.1 Å². The standard InChI is InChI=1S/C13H15NO3S2/c1-10-2-3-11(8-15)6-13(10)19(16,17)14-7-12-4-5-18-9-12/h2-6,9,14-15H,7-8H2,1H3. The number of sulfonamides is 1. The Morgan fingerprint density at radius 3 is 2.68 bits per heavy atom. The summed E-state index contributed by atoms with van der Waals surface area (Å²) < 4.78 is 27.0. The molecule has 2 rings (SSSR count). The predicted molar refractivity (Wildman–Crippen MR) is 75.4 cm³/mol. The fraction of sp³-hybridized carbons (Fsp3) is 0.231. The van der Waals surface area contributed by atoms with E-state index in [1.54, 1.807) is 19.1 Å². The molecule has 4 nitrogen and oxygen atoms in total. The van der Waals surface area contributed by atoms with Gasteiger partial charge in [-0.3, -0.25) is 0 Å². The molecule has 0 saturated heterocycles. The van der Waals surface area contributed by atoms with Crippen LogP contribution in [0.3, 0.4) is 0 Å². The SMILES string of the molecule is Cc1ccc(CO)cc1S(=O)(=O)NCc1ccsc1. The maximum atomic E-state index is 12.2. The van der Waals surface area contributed by atoms with E-state index in [1.807, 2.05) is 16.8 Å². The molecule has 0 aliphatic rings. The van der Waals surface area contributed by atoms with Crippen LogP contribution in [0.15, 0.2) is 39.9 Å². The fourth-order valence-electron chi connectivity index (χ4n) is 1.68. The molecule has 19 heavy (non-hydrogen) atoms. The van der Waals surface area contributed by atoms with Crippen molar-refractivity contribution in [2.45, 2.75) is 25.0 Å². The molecule has 0 spiro atoms. The quantitative estimate of drug-likeness (QED) is 0.887. The normalized spacial score (nSPS) is 11.7. The number of aliphatic hydroxyl groups excluding tert-OH is 1. The highest BCUT2D eigenvalue weighted by Crippen LogP contribution is 2.17. The zero-order chi connectivity index (χ0) is 13.9. The Kier molecular flexibility index (Phi) is 4.36. The number of benzene rings is 1. The molecule has 0 atom stereocenters. The molecule has 1 aromatic carbocycles. The Balaban J connectivity index is 2.23. The number of nitrogens with one attached hydrogen (secondary N) is 1. The largest absolute Gasteiger partial charge is 0.392 e. The van der Waals surface area contributed by atoms with E-state index < -0.39 is 10.0 Å². The minimum absolute atomic E-state index is 0.173. The van der Waals surface area contributed by atoms with Crippen LogP contribution in [-0.4, -0.2) is 13.5 Å². The third-order valence-electron chi connectivity index (χ3n) is 2.77. The lowest BCUT2D eigenvalue weighted by atomic mass is 10.2. The van der Waals surface area contributed by atoms with E-state index in [-0.39, 0.29) is 18.0 Å². The molecule has 2 N–H and O–H groups in total. The van der Waals surface area contributed by atoms with Gasteiger partial charge in [0.05, 0.1) is 11.5 Å². The van der Waals surface area contributed by atoms with Crippen molar-refractivity contribution in [3.8, 4) is 0 Å². The minimum atomic E-state index is -3.56. The summed E-state index contributed by atoms with van der Waals surface area (Å²) in [4.78, 5) is 0.217. The highest BCUT2D eigenvalue weighted by Gasteiger charge is 2.17. The third-order valence-corrected chi connectivity index (χ3v) is 5.05. The van der Waals surface area contributed by atoms with Gasteiger partial charge in [-0.2, -0.15) is 11.3 Å². The number of hydrogen-bond donors (Lipinski definition) is 2. The van der Waals surface area contributed by atoms with Crippen molar-refractivity contribution >= 4 is 21.4 Å². The molecule has 0 aliphatic heterocycles. The van der Waals surface area contributed by atoms with Crippen molar-refractivity contribution in [3.63, 3.8) is 0 Å². The minimum Gasteiger partial charge on any atom is -0.392 e. The lowest BCUT2D eigenvalue weighted by Gasteiger charge is -2.10. The molecule has 0 bridgehead atoms. The highest BCUT2D eigenvalue weighted by atomic mass is 32.2. The van der Waals surface area contributed by atoms with Gasteiger partial charge < -0.3 is 5.11 Å². The molecule has 0 aliphatic carbocycles. The summed E-state index contributed by atoms with van der Waals surface area (Å²) in [7, 11) is -3.56. The first-order valence-electron chi connectivity index (χ1n) is 5.74. The monoisotopic (exact) mass is 297 g/mol. The van der Waals surface area contributed by atoms with Crippen molar-refractivity contribution in [1.82, 2.24) is 4.72 Å². The maximum absolute atomic E-state index is 12.2. The van der Waals surface area contributed by atoms with Gasteiger partial charge in [0, 0.05) is 6.54 Å². The van der Waals surface area contributed by atoms with Gasteiger partial charge in [0.2, 0.25) is 10.0 Å². The molecule has 6 heteroatoms. The van der Waals surface area contributed by atoms with Gasteiger partial charge in [0.1, 0.15) is 0 Å². The highest BCUT2D eigenvalue weighted by molar-refractivity contribution is 7.89. The Hall–Kier alpha value is -1.21. The summed E-state index contributed by atoms with van der Waals surface area (Å²) >= 11 is 1.53.